The average Bonchev–Trinajstić information content (AvgIpc) is 2.71. The van der Waals surface area contributed by atoms with E-state index in [1.807, 2.05) is 43.3 Å². The van der Waals surface area contributed by atoms with E-state index in [0.29, 0.717) is 12.1 Å². The number of hydrogen-bond donors (Lipinski definition) is 1. The molecule has 28 heavy (non-hydrogen) atoms. The summed E-state index contributed by atoms with van der Waals surface area (Å²) >= 11 is 0. The van der Waals surface area contributed by atoms with Gasteiger partial charge in [0.2, 0.25) is 5.91 Å². The molecule has 1 aromatic heterocycles. The Morgan fingerprint density at radius 2 is 1.93 bits per heavy atom. The molecule has 0 spiro atoms. The molecule has 2 aliphatic heterocycles. The van der Waals surface area contributed by atoms with Crippen molar-refractivity contribution in [3.8, 4) is 0 Å². The highest BCUT2D eigenvalue weighted by atomic mass is 16.3. The number of allylic oxidation sites excluding steroid dienone is 1. The summed E-state index contributed by atoms with van der Waals surface area (Å²) in [4.78, 5) is 32.8. The molecule has 2 fully saturated rings. The predicted octanol–water partition coefficient (Wildman–Crippen LogP) is 1.93. The van der Waals surface area contributed by atoms with E-state index in [-0.39, 0.29) is 43.0 Å². The molecule has 0 unspecified atom stereocenters. The van der Waals surface area contributed by atoms with Gasteiger partial charge >= 0.3 is 0 Å². The quantitative estimate of drug-likeness (QED) is 0.884. The summed E-state index contributed by atoms with van der Waals surface area (Å²) in [7, 11) is 0. The number of fused-ring (bicyclic) bond motifs is 1. The van der Waals surface area contributed by atoms with Crippen molar-refractivity contribution in [2.75, 3.05) is 19.7 Å². The molecular weight excluding hydrogens is 354 g/mol. The molecule has 2 aromatic rings. The number of aliphatic hydroxyl groups excluding tert-OH is 1. The second kappa shape index (κ2) is 7.56. The van der Waals surface area contributed by atoms with Crippen LogP contribution in [-0.4, -0.2) is 63.5 Å². The van der Waals surface area contributed by atoms with Crippen LogP contribution in [0.1, 0.15) is 34.3 Å². The molecule has 0 bridgehead atoms. The van der Waals surface area contributed by atoms with Crippen molar-refractivity contribution in [2.45, 2.75) is 24.9 Å². The molecule has 1 aromatic carbocycles. The molecule has 0 radical (unpaired) electrons. The Morgan fingerprint density at radius 1 is 1.21 bits per heavy atom. The predicted molar refractivity (Wildman–Crippen MR) is 106 cm³/mol. The molecular formula is C22H23N3O3. The molecule has 2 saturated heterocycles. The summed E-state index contributed by atoms with van der Waals surface area (Å²) in [6, 6.07) is 11.2. The molecule has 0 saturated carbocycles. The van der Waals surface area contributed by atoms with Crippen LogP contribution in [0.15, 0.2) is 54.9 Å². The maximum absolute atomic E-state index is 12.8. The number of aromatic nitrogens is 1. The minimum Gasteiger partial charge on any atom is -0.394 e. The molecule has 2 amide bonds. The van der Waals surface area contributed by atoms with E-state index in [1.165, 1.54) is 0 Å². The first-order valence-electron chi connectivity index (χ1n) is 9.48. The Kier molecular flexibility index (Phi) is 4.96. The zero-order valence-corrected chi connectivity index (χ0v) is 15.7. The van der Waals surface area contributed by atoms with Crippen molar-refractivity contribution in [1.82, 2.24) is 14.8 Å². The Labute approximate surface area is 164 Å². The standard InChI is InChI=1S/C22H23N3O3/c1-2-3-15-4-6-16(7-5-15)21-18-12-24(13-20(27)25(18)19(21)14-26)22(28)17-8-10-23-11-9-17/h2-11,18-19,21,26H,12-14H2,1H3/b3-2+/t18-,19-,21+/m0/s1. The Balaban J connectivity index is 1.58. The third-order valence-corrected chi connectivity index (χ3v) is 5.65. The van der Waals surface area contributed by atoms with Crippen LogP contribution in [0.25, 0.3) is 6.08 Å². The monoisotopic (exact) mass is 377 g/mol. The second-order valence-electron chi connectivity index (χ2n) is 7.23. The third-order valence-electron chi connectivity index (χ3n) is 5.65. The van der Waals surface area contributed by atoms with E-state index >= 15 is 0 Å². The number of hydrogen-bond acceptors (Lipinski definition) is 4. The topological polar surface area (TPSA) is 73.7 Å². The van der Waals surface area contributed by atoms with Crippen LogP contribution in [0.5, 0.6) is 0 Å². The molecule has 3 heterocycles. The van der Waals surface area contributed by atoms with Gasteiger partial charge in [0.15, 0.2) is 0 Å². The van der Waals surface area contributed by atoms with Gasteiger partial charge < -0.3 is 14.9 Å². The van der Waals surface area contributed by atoms with Gasteiger partial charge in [-0.2, -0.15) is 0 Å². The molecule has 6 heteroatoms. The lowest BCUT2D eigenvalue weighted by molar-refractivity contribution is -0.159. The van der Waals surface area contributed by atoms with Gasteiger partial charge in [-0.15, -0.1) is 0 Å². The van der Waals surface area contributed by atoms with Crippen molar-refractivity contribution >= 4 is 17.9 Å². The van der Waals surface area contributed by atoms with Crippen molar-refractivity contribution in [2.24, 2.45) is 0 Å². The molecule has 144 valence electrons. The third kappa shape index (κ3) is 3.10. The summed E-state index contributed by atoms with van der Waals surface area (Å²) in [6.07, 6.45) is 7.16. The van der Waals surface area contributed by atoms with E-state index in [9.17, 15) is 14.7 Å². The highest BCUT2D eigenvalue weighted by Crippen LogP contribution is 2.43. The van der Waals surface area contributed by atoms with Gasteiger partial charge in [0, 0.05) is 30.4 Å². The van der Waals surface area contributed by atoms with Crippen LogP contribution in [0, 0.1) is 0 Å². The van der Waals surface area contributed by atoms with E-state index < -0.39 is 0 Å². The number of amides is 2. The number of benzene rings is 1. The number of rotatable bonds is 4. The fraction of sp³-hybridized carbons (Fsp3) is 0.318. The lowest BCUT2D eigenvalue weighted by Gasteiger charge is -2.58. The molecule has 2 aliphatic rings. The van der Waals surface area contributed by atoms with E-state index in [2.05, 4.69) is 4.98 Å². The average molecular weight is 377 g/mol. The molecule has 1 N–H and O–H groups in total. The lowest BCUT2D eigenvalue weighted by atomic mass is 9.73. The van der Waals surface area contributed by atoms with E-state index in [0.717, 1.165) is 11.1 Å². The van der Waals surface area contributed by atoms with Gasteiger partial charge in [0.05, 0.1) is 18.7 Å². The van der Waals surface area contributed by atoms with Crippen molar-refractivity contribution in [3.05, 3.63) is 71.6 Å². The number of nitrogens with zero attached hydrogens (tertiary/aromatic N) is 3. The summed E-state index contributed by atoms with van der Waals surface area (Å²) in [5.41, 5.74) is 2.72. The number of aliphatic hydroxyl groups is 1. The number of piperazine rings is 1. The van der Waals surface area contributed by atoms with Crippen molar-refractivity contribution < 1.29 is 14.7 Å². The Bertz CT molecular complexity index is 895. The van der Waals surface area contributed by atoms with Crippen LogP contribution < -0.4 is 0 Å². The first kappa shape index (κ1) is 18.4. The SMILES string of the molecule is C/C=C/c1ccc([C@H]2[C@H](CO)N3C(=O)CN(C(=O)c4ccncc4)C[C@@H]23)cc1. The van der Waals surface area contributed by atoms with Crippen LogP contribution in [0.2, 0.25) is 0 Å². The summed E-state index contributed by atoms with van der Waals surface area (Å²) in [5.74, 6) is -0.258. The fourth-order valence-electron chi connectivity index (χ4n) is 4.35. The zero-order chi connectivity index (χ0) is 19.7. The van der Waals surface area contributed by atoms with Gasteiger partial charge in [-0.3, -0.25) is 14.6 Å². The number of pyridine rings is 1. The number of carbonyl (C=O) groups excluding carboxylic acids is 2. The smallest absolute Gasteiger partial charge is 0.254 e. The Morgan fingerprint density at radius 3 is 2.57 bits per heavy atom. The fourth-order valence-corrected chi connectivity index (χ4v) is 4.35. The van der Waals surface area contributed by atoms with Gasteiger partial charge in [-0.1, -0.05) is 36.4 Å². The zero-order valence-electron chi connectivity index (χ0n) is 15.7. The molecule has 4 rings (SSSR count). The van der Waals surface area contributed by atoms with E-state index in [1.54, 1.807) is 34.3 Å². The largest absolute Gasteiger partial charge is 0.394 e. The Hall–Kier alpha value is -2.99. The van der Waals surface area contributed by atoms with Crippen molar-refractivity contribution in [3.63, 3.8) is 0 Å². The molecule has 3 atom stereocenters. The summed E-state index contributed by atoms with van der Waals surface area (Å²) in [5, 5.41) is 9.87. The first-order valence-corrected chi connectivity index (χ1v) is 9.48. The van der Waals surface area contributed by atoms with Crippen LogP contribution in [-0.2, 0) is 4.79 Å². The maximum atomic E-state index is 12.8. The lowest BCUT2D eigenvalue weighted by Crippen LogP contribution is -2.73. The minimum atomic E-state index is -0.233. The molecule has 0 aliphatic carbocycles. The van der Waals surface area contributed by atoms with Crippen LogP contribution in [0.3, 0.4) is 0 Å². The van der Waals surface area contributed by atoms with Gasteiger partial charge in [-0.25, -0.2) is 0 Å². The highest BCUT2D eigenvalue weighted by Gasteiger charge is 2.54. The van der Waals surface area contributed by atoms with Gasteiger partial charge in [-0.05, 0) is 30.2 Å². The number of carbonyl (C=O) groups is 2. The van der Waals surface area contributed by atoms with Gasteiger partial charge in [0.25, 0.3) is 5.91 Å². The van der Waals surface area contributed by atoms with E-state index in [4.69, 9.17) is 0 Å². The molecule has 6 nitrogen and oxygen atoms in total. The summed E-state index contributed by atoms with van der Waals surface area (Å²) in [6.45, 7) is 2.40. The minimum absolute atomic E-state index is 0.0154. The maximum Gasteiger partial charge on any atom is 0.254 e. The second-order valence-corrected chi connectivity index (χ2v) is 7.23. The summed E-state index contributed by atoms with van der Waals surface area (Å²) < 4.78 is 0. The highest BCUT2D eigenvalue weighted by molar-refractivity contribution is 5.97. The van der Waals surface area contributed by atoms with Crippen molar-refractivity contribution in [1.29, 1.82) is 0 Å². The first-order chi connectivity index (χ1) is 13.6. The van der Waals surface area contributed by atoms with Crippen LogP contribution in [0.4, 0.5) is 0 Å². The van der Waals surface area contributed by atoms with Crippen LogP contribution >= 0.6 is 0 Å². The van der Waals surface area contributed by atoms with Gasteiger partial charge in [0.1, 0.15) is 6.54 Å². The normalized spacial score (nSPS) is 24.2.